The molecule has 1 atom stereocenters. The Hall–Kier alpha value is -3.96. The van der Waals surface area contributed by atoms with Crippen LogP contribution in [-0.4, -0.2) is 54.4 Å². The van der Waals surface area contributed by atoms with Gasteiger partial charge in [-0.3, -0.25) is 4.79 Å². The van der Waals surface area contributed by atoms with Crippen LogP contribution in [0.1, 0.15) is 29.2 Å². The normalized spacial score (nSPS) is 15.1. The van der Waals surface area contributed by atoms with Gasteiger partial charge < -0.3 is 15.0 Å². The number of ether oxygens (including phenoxy) is 1. The van der Waals surface area contributed by atoms with E-state index in [4.69, 9.17) is 16.3 Å². The van der Waals surface area contributed by atoms with E-state index >= 15 is 0 Å². The Morgan fingerprint density at radius 1 is 1.07 bits per heavy atom. The van der Waals surface area contributed by atoms with Crippen LogP contribution in [-0.2, 0) is 15.7 Å². The van der Waals surface area contributed by atoms with Crippen molar-refractivity contribution in [2.75, 3.05) is 32.1 Å². The van der Waals surface area contributed by atoms with Crippen molar-refractivity contribution in [2.24, 2.45) is 5.10 Å². The van der Waals surface area contributed by atoms with E-state index in [0.29, 0.717) is 16.3 Å². The number of methoxy groups -OCH3 is 1. The largest absolute Gasteiger partial charge is 0.416 e. The standard InChI is InChI=1S/C28H25ClF4N4O3/c1-40-15-14-36(27(39)34-19-12-10-18(11-13-19)28(31,32)33)17-26(38)37-25(21-7-3-5-9-23(21)30)16-24(35-37)20-6-2-4-8-22(20)29/h2-13,25H,14-17H2,1H3,(H,34,39)/t25-/m0/s1. The number of carbonyl (C=O) groups is 2. The van der Waals surface area contributed by atoms with Crippen LogP contribution in [0.2, 0.25) is 5.02 Å². The fourth-order valence-corrected chi connectivity index (χ4v) is 4.47. The van der Waals surface area contributed by atoms with Gasteiger partial charge in [0.1, 0.15) is 12.4 Å². The second-order valence-electron chi connectivity index (χ2n) is 8.93. The molecule has 1 heterocycles. The minimum Gasteiger partial charge on any atom is -0.383 e. The van der Waals surface area contributed by atoms with Crippen molar-refractivity contribution in [2.45, 2.75) is 18.6 Å². The third-order valence-electron chi connectivity index (χ3n) is 6.26. The summed E-state index contributed by atoms with van der Waals surface area (Å²) in [7, 11) is 1.42. The lowest BCUT2D eigenvalue weighted by Crippen LogP contribution is -2.44. The Bertz CT molecular complexity index is 1400. The van der Waals surface area contributed by atoms with Gasteiger partial charge in [-0.2, -0.15) is 18.3 Å². The predicted molar refractivity (Wildman–Crippen MR) is 143 cm³/mol. The topological polar surface area (TPSA) is 74.2 Å². The minimum absolute atomic E-state index is 0.00595. The average molecular weight is 577 g/mol. The zero-order chi connectivity index (χ0) is 28.9. The molecule has 0 unspecified atom stereocenters. The van der Waals surface area contributed by atoms with Gasteiger partial charge in [0.25, 0.3) is 5.91 Å². The lowest BCUT2D eigenvalue weighted by atomic mass is 9.98. The van der Waals surface area contributed by atoms with Crippen LogP contribution in [0.25, 0.3) is 0 Å². The zero-order valence-electron chi connectivity index (χ0n) is 21.3. The molecular formula is C28H25ClF4N4O3. The lowest BCUT2D eigenvalue weighted by Gasteiger charge is -2.27. The van der Waals surface area contributed by atoms with Gasteiger partial charge in [-0.15, -0.1) is 0 Å². The van der Waals surface area contributed by atoms with Gasteiger partial charge >= 0.3 is 12.2 Å². The van der Waals surface area contributed by atoms with Crippen LogP contribution >= 0.6 is 11.6 Å². The Kier molecular flexibility index (Phi) is 9.06. The summed E-state index contributed by atoms with van der Waals surface area (Å²) in [6.07, 6.45) is -4.33. The number of carbonyl (C=O) groups excluding carboxylic acids is 2. The summed E-state index contributed by atoms with van der Waals surface area (Å²) in [5, 5.41) is 8.54. The number of anilines is 1. The number of alkyl halides is 3. The van der Waals surface area contributed by atoms with E-state index in [9.17, 15) is 27.2 Å². The maximum Gasteiger partial charge on any atom is 0.416 e. The number of hydrogen-bond donors (Lipinski definition) is 1. The summed E-state index contributed by atoms with van der Waals surface area (Å²) in [4.78, 5) is 27.7. The second kappa shape index (κ2) is 12.5. The van der Waals surface area contributed by atoms with Crippen molar-refractivity contribution in [3.8, 4) is 0 Å². The number of nitrogens with zero attached hydrogens (tertiary/aromatic N) is 3. The first-order valence-corrected chi connectivity index (χ1v) is 12.6. The Balaban J connectivity index is 1.58. The van der Waals surface area contributed by atoms with E-state index in [0.717, 1.165) is 34.2 Å². The summed E-state index contributed by atoms with van der Waals surface area (Å²) in [6, 6.07) is 15.4. The van der Waals surface area contributed by atoms with E-state index in [2.05, 4.69) is 10.4 Å². The highest BCUT2D eigenvalue weighted by atomic mass is 35.5. The maximum absolute atomic E-state index is 14.8. The summed E-state index contributed by atoms with van der Waals surface area (Å²) < 4.78 is 58.5. The Labute approximate surface area is 233 Å². The lowest BCUT2D eigenvalue weighted by molar-refractivity contribution is -0.137. The molecule has 1 aliphatic rings. The quantitative estimate of drug-likeness (QED) is 0.317. The van der Waals surface area contributed by atoms with Crippen LogP contribution < -0.4 is 5.32 Å². The van der Waals surface area contributed by atoms with Gasteiger partial charge in [0.15, 0.2) is 0 Å². The van der Waals surface area contributed by atoms with E-state index < -0.39 is 42.1 Å². The first-order chi connectivity index (χ1) is 19.1. The molecule has 0 bridgehead atoms. The average Bonchev–Trinajstić information content (AvgIpc) is 3.36. The second-order valence-corrected chi connectivity index (χ2v) is 9.33. The highest BCUT2D eigenvalue weighted by molar-refractivity contribution is 6.34. The molecular weight excluding hydrogens is 552 g/mol. The third-order valence-corrected chi connectivity index (χ3v) is 6.59. The fourth-order valence-electron chi connectivity index (χ4n) is 4.22. The molecule has 7 nitrogen and oxygen atoms in total. The van der Waals surface area contributed by atoms with Crippen molar-refractivity contribution < 1.29 is 31.9 Å². The Morgan fingerprint density at radius 2 is 1.75 bits per heavy atom. The summed E-state index contributed by atoms with van der Waals surface area (Å²) in [5.74, 6) is -1.12. The van der Waals surface area contributed by atoms with Crippen molar-refractivity contribution in [3.63, 3.8) is 0 Å². The first-order valence-electron chi connectivity index (χ1n) is 12.2. The number of rotatable bonds is 8. The van der Waals surface area contributed by atoms with Crippen molar-refractivity contribution >= 4 is 34.9 Å². The number of urea groups is 1. The fraction of sp³-hybridized carbons (Fsp3) is 0.250. The molecule has 0 aromatic heterocycles. The molecule has 40 heavy (non-hydrogen) atoms. The Morgan fingerprint density at radius 3 is 2.40 bits per heavy atom. The number of benzene rings is 3. The van der Waals surface area contributed by atoms with Crippen molar-refractivity contribution in [3.05, 3.63) is 100 Å². The van der Waals surface area contributed by atoms with Gasteiger partial charge in [-0.1, -0.05) is 48.0 Å². The van der Waals surface area contributed by atoms with Crippen molar-refractivity contribution in [1.82, 2.24) is 9.91 Å². The minimum atomic E-state index is -4.52. The third kappa shape index (κ3) is 6.78. The molecule has 1 N–H and O–H groups in total. The van der Waals surface area contributed by atoms with E-state index in [-0.39, 0.29) is 30.8 Å². The maximum atomic E-state index is 14.8. The van der Waals surface area contributed by atoms with Gasteiger partial charge in [-0.25, -0.2) is 14.2 Å². The van der Waals surface area contributed by atoms with Crippen molar-refractivity contribution in [1.29, 1.82) is 0 Å². The molecule has 3 amide bonds. The molecule has 3 aromatic rings. The summed E-state index contributed by atoms with van der Waals surface area (Å²) >= 11 is 6.36. The number of halogens is 5. The van der Waals surface area contributed by atoms with E-state index in [1.807, 2.05) is 0 Å². The first kappa shape index (κ1) is 29.0. The summed E-state index contributed by atoms with van der Waals surface area (Å²) in [6.45, 7) is -0.382. The molecule has 210 valence electrons. The number of hydrazone groups is 1. The van der Waals surface area contributed by atoms with Crippen LogP contribution in [0.3, 0.4) is 0 Å². The smallest absolute Gasteiger partial charge is 0.383 e. The number of hydrogen-bond acceptors (Lipinski definition) is 4. The highest BCUT2D eigenvalue weighted by Crippen LogP contribution is 2.35. The predicted octanol–water partition coefficient (Wildman–Crippen LogP) is 6.36. The van der Waals surface area contributed by atoms with Crippen LogP contribution in [0, 0.1) is 5.82 Å². The van der Waals surface area contributed by atoms with Gasteiger partial charge in [-0.05, 0) is 36.4 Å². The SMILES string of the molecule is COCCN(CC(=O)N1N=C(c2ccccc2Cl)C[C@H]1c1ccccc1F)C(=O)Nc1ccc(C(F)(F)F)cc1. The molecule has 0 fully saturated rings. The molecule has 0 spiro atoms. The van der Waals surface area contributed by atoms with Crippen LogP contribution in [0.15, 0.2) is 77.9 Å². The van der Waals surface area contributed by atoms with E-state index in [1.54, 1.807) is 36.4 Å². The molecule has 12 heteroatoms. The molecule has 0 saturated carbocycles. The molecule has 0 saturated heterocycles. The van der Waals surface area contributed by atoms with Gasteiger partial charge in [0, 0.05) is 41.9 Å². The monoisotopic (exact) mass is 576 g/mol. The van der Waals surface area contributed by atoms with Crippen LogP contribution in [0.4, 0.5) is 28.0 Å². The number of amides is 3. The zero-order valence-corrected chi connectivity index (χ0v) is 22.0. The molecule has 0 aliphatic carbocycles. The van der Waals surface area contributed by atoms with Gasteiger partial charge in [0.2, 0.25) is 0 Å². The van der Waals surface area contributed by atoms with Crippen LogP contribution in [0.5, 0.6) is 0 Å². The summed E-state index contributed by atoms with van der Waals surface area (Å²) in [5.41, 5.74) is 0.566. The molecule has 3 aromatic carbocycles. The van der Waals surface area contributed by atoms with Gasteiger partial charge in [0.05, 0.1) is 23.9 Å². The molecule has 1 aliphatic heterocycles. The number of nitrogens with one attached hydrogen (secondary N) is 1. The molecule has 4 rings (SSSR count). The van der Waals surface area contributed by atoms with E-state index in [1.165, 1.54) is 19.2 Å². The molecule has 0 radical (unpaired) electrons. The highest BCUT2D eigenvalue weighted by Gasteiger charge is 2.36.